The highest BCUT2D eigenvalue weighted by Gasteiger charge is 2.47. The van der Waals surface area contributed by atoms with Gasteiger partial charge in [-0.25, -0.2) is 0 Å². The molecule has 4 rings (SSSR count). The van der Waals surface area contributed by atoms with E-state index in [1.807, 2.05) is 24.4 Å². The smallest absolute Gasteiger partial charge is 0.251 e. The Hall–Kier alpha value is -1.89. The minimum atomic E-state index is -0.604. The fourth-order valence-corrected chi connectivity index (χ4v) is 3.05. The van der Waals surface area contributed by atoms with E-state index in [-0.39, 0.29) is 30.8 Å². The number of carbonyl (C=O) groups excluding carboxylic acids is 1. The van der Waals surface area contributed by atoms with E-state index in [0.29, 0.717) is 12.2 Å². The maximum absolute atomic E-state index is 12.3. The summed E-state index contributed by atoms with van der Waals surface area (Å²) in [5.74, 6) is -0.155. The number of benzene rings is 1. The maximum atomic E-state index is 12.3. The van der Waals surface area contributed by atoms with Crippen molar-refractivity contribution in [2.45, 2.75) is 24.4 Å². The molecule has 4 atom stereocenters. The minimum absolute atomic E-state index is 0.155. The van der Waals surface area contributed by atoms with Crippen molar-refractivity contribution in [1.29, 1.82) is 0 Å². The van der Waals surface area contributed by atoms with E-state index in [4.69, 9.17) is 9.47 Å². The van der Waals surface area contributed by atoms with Crippen LogP contribution in [0.3, 0.4) is 0 Å². The summed E-state index contributed by atoms with van der Waals surface area (Å²) in [5.41, 5.74) is 1.60. The van der Waals surface area contributed by atoms with Crippen LogP contribution in [-0.2, 0) is 9.47 Å². The van der Waals surface area contributed by atoms with Gasteiger partial charge in [0.25, 0.3) is 5.91 Å². The van der Waals surface area contributed by atoms with Crippen molar-refractivity contribution in [3.63, 3.8) is 0 Å². The summed E-state index contributed by atoms with van der Waals surface area (Å²) in [4.78, 5) is 15.4. The van der Waals surface area contributed by atoms with Gasteiger partial charge in [0.2, 0.25) is 0 Å². The number of hydrogen-bond donors (Lipinski definition) is 3. The standard InChI is InChI=1S/C15H16N2O4/c18-12-7-21-13-11(6-20-14(12)13)17-15(19)9-1-2-10-8(5-9)3-4-16-10/h1-5,11-14,16,18H,6-7H2,(H,17,19)/t11-,12-,13-,14-/m1/s1. The number of aliphatic hydroxyl groups is 1. The topological polar surface area (TPSA) is 83.6 Å². The Morgan fingerprint density at radius 3 is 3.00 bits per heavy atom. The Labute approximate surface area is 121 Å². The number of aromatic amines is 1. The fraction of sp³-hybridized carbons (Fsp3) is 0.400. The Balaban J connectivity index is 1.50. The molecule has 2 aromatic rings. The molecular formula is C15H16N2O4. The van der Waals surface area contributed by atoms with Gasteiger partial charge in [-0.2, -0.15) is 0 Å². The van der Waals surface area contributed by atoms with Crippen LogP contribution in [0.4, 0.5) is 0 Å². The van der Waals surface area contributed by atoms with Gasteiger partial charge in [0.15, 0.2) is 0 Å². The van der Waals surface area contributed by atoms with Crippen molar-refractivity contribution in [1.82, 2.24) is 10.3 Å². The van der Waals surface area contributed by atoms with Crippen molar-refractivity contribution < 1.29 is 19.4 Å². The van der Waals surface area contributed by atoms with Crippen LogP contribution in [0.5, 0.6) is 0 Å². The van der Waals surface area contributed by atoms with E-state index in [9.17, 15) is 9.90 Å². The lowest BCUT2D eigenvalue weighted by molar-refractivity contribution is 0.0178. The van der Waals surface area contributed by atoms with Crippen LogP contribution in [0.1, 0.15) is 10.4 Å². The molecule has 0 spiro atoms. The van der Waals surface area contributed by atoms with Crippen LogP contribution in [0.25, 0.3) is 10.9 Å². The van der Waals surface area contributed by atoms with Crippen LogP contribution < -0.4 is 5.32 Å². The second-order valence-electron chi connectivity index (χ2n) is 5.52. The average molecular weight is 288 g/mol. The highest BCUT2D eigenvalue weighted by atomic mass is 16.6. The van der Waals surface area contributed by atoms with Crippen molar-refractivity contribution >= 4 is 16.8 Å². The molecule has 21 heavy (non-hydrogen) atoms. The summed E-state index contributed by atoms with van der Waals surface area (Å²) in [5, 5.41) is 13.6. The van der Waals surface area contributed by atoms with E-state index < -0.39 is 6.10 Å². The van der Waals surface area contributed by atoms with Gasteiger partial charge >= 0.3 is 0 Å². The Morgan fingerprint density at radius 2 is 2.10 bits per heavy atom. The molecule has 0 aliphatic carbocycles. The summed E-state index contributed by atoms with van der Waals surface area (Å²) in [6.07, 6.45) is 0.644. The summed E-state index contributed by atoms with van der Waals surface area (Å²) >= 11 is 0. The largest absolute Gasteiger partial charge is 0.388 e. The molecule has 3 heterocycles. The van der Waals surface area contributed by atoms with Gasteiger partial charge in [0, 0.05) is 22.7 Å². The maximum Gasteiger partial charge on any atom is 0.251 e. The van der Waals surface area contributed by atoms with Crippen molar-refractivity contribution in [2.24, 2.45) is 0 Å². The predicted octanol–water partition coefficient (Wildman–Crippen LogP) is 0.425. The Bertz CT molecular complexity index is 683. The second-order valence-corrected chi connectivity index (χ2v) is 5.52. The number of rotatable bonds is 2. The molecule has 6 heteroatoms. The first kappa shape index (κ1) is 12.8. The van der Waals surface area contributed by atoms with Gasteiger partial charge in [-0.1, -0.05) is 0 Å². The lowest BCUT2D eigenvalue weighted by Gasteiger charge is -2.17. The normalized spacial score (nSPS) is 31.5. The zero-order valence-electron chi connectivity index (χ0n) is 11.3. The Kier molecular flexibility index (Phi) is 2.95. The number of nitrogens with one attached hydrogen (secondary N) is 2. The van der Waals surface area contributed by atoms with E-state index in [1.54, 1.807) is 6.07 Å². The molecule has 1 amide bonds. The first-order chi connectivity index (χ1) is 10.2. The third-order valence-corrected chi connectivity index (χ3v) is 4.16. The highest BCUT2D eigenvalue weighted by Crippen LogP contribution is 2.27. The zero-order chi connectivity index (χ0) is 14.4. The molecule has 0 bridgehead atoms. The van der Waals surface area contributed by atoms with Crippen molar-refractivity contribution in [3.8, 4) is 0 Å². The average Bonchev–Trinajstić information content (AvgIpc) is 3.17. The SMILES string of the molecule is O=C(N[C@@H]1CO[C@H]2[C@@H]1OC[C@H]2O)c1ccc2[nH]ccc2c1. The summed E-state index contributed by atoms with van der Waals surface area (Å²) in [6, 6.07) is 7.22. The first-order valence-electron chi connectivity index (χ1n) is 7.01. The van der Waals surface area contributed by atoms with E-state index in [0.717, 1.165) is 10.9 Å². The molecule has 6 nitrogen and oxygen atoms in total. The van der Waals surface area contributed by atoms with Gasteiger partial charge in [-0.05, 0) is 24.3 Å². The first-order valence-corrected chi connectivity index (χ1v) is 7.01. The van der Waals surface area contributed by atoms with E-state index in [1.165, 1.54) is 0 Å². The number of ether oxygens (including phenoxy) is 2. The molecule has 0 unspecified atom stereocenters. The summed E-state index contributed by atoms with van der Waals surface area (Å²) in [7, 11) is 0. The molecular weight excluding hydrogens is 272 g/mol. The van der Waals surface area contributed by atoms with Crippen LogP contribution in [0, 0.1) is 0 Å². The minimum Gasteiger partial charge on any atom is -0.388 e. The molecule has 3 N–H and O–H groups in total. The molecule has 0 radical (unpaired) electrons. The van der Waals surface area contributed by atoms with Gasteiger partial charge < -0.3 is 24.9 Å². The number of carbonyl (C=O) groups is 1. The number of aromatic nitrogens is 1. The molecule has 1 aromatic carbocycles. The monoisotopic (exact) mass is 288 g/mol. The van der Waals surface area contributed by atoms with Crippen LogP contribution in [-0.4, -0.2) is 53.6 Å². The van der Waals surface area contributed by atoms with Crippen LogP contribution in [0.15, 0.2) is 30.5 Å². The molecule has 1 aromatic heterocycles. The lowest BCUT2D eigenvalue weighted by atomic mass is 10.1. The summed E-state index contributed by atoms with van der Waals surface area (Å²) in [6.45, 7) is 0.627. The van der Waals surface area contributed by atoms with Crippen molar-refractivity contribution in [3.05, 3.63) is 36.0 Å². The quantitative estimate of drug-likeness (QED) is 0.748. The molecule has 2 fully saturated rings. The molecule has 2 saturated heterocycles. The molecule has 2 aliphatic heterocycles. The zero-order valence-corrected chi connectivity index (χ0v) is 11.3. The fourth-order valence-electron chi connectivity index (χ4n) is 3.05. The second kappa shape index (κ2) is 4.84. The van der Waals surface area contributed by atoms with E-state index >= 15 is 0 Å². The number of fused-ring (bicyclic) bond motifs is 2. The van der Waals surface area contributed by atoms with Gasteiger partial charge in [-0.3, -0.25) is 4.79 Å². The number of aliphatic hydroxyl groups excluding tert-OH is 1. The van der Waals surface area contributed by atoms with Crippen LogP contribution >= 0.6 is 0 Å². The summed E-state index contributed by atoms with van der Waals surface area (Å²) < 4.78 is 11.0. The van der Waals surface area contributed by atoms with E-state index in [2.05, 4.69) is 10.3 Å². The lowest BCUT2D eigenvalue weighted by Crippen LogP contribution is -2.44. The third-order valence-electron chi connectivity index (χ3n) is 4.16. The number of amides is 1. The highest BCUT2D eigenvalue weighted by molar-refractivity contribution is 5.98. The van der Waals surface area contributed by atoms with Crippen molar-refractivity contribution in [2.75, 3.05) is 13.2 Å². The molecule has 110 valence electrons. The predicted molar refractivity (Wildman–Crippen MR) is 75.0 cm³/mol. The third kappa shape index (κ3) is 2.12. The van der Waals surface area contributed by atoms with Gasteiger partial charge in [0.05, 0.1) is 19.3 Å². The molecule has 0 saturated carbocycles. The molecule has 2 aliphatic rings. The Morgan fingerprint density at radius 1 is 1.24 bits per heavy atom. The van der Waals surface area contributed by atoms with Gasteiger partial charge in [0.1, 0.15) is 18.3 Å². The van der Waals surface area contributed by atoms with Crippen LogP contribution in [0.2, 0.25) is 0 Å². The number of hydrogen-bond acceptors (Lipinski definition) is 4. The number of H-pyrrole nitrogens is 1. The van der Waals surface area contributed by atoms with Gasteiger partial charge in [-0.15, -0.1) is 0 Å².